The van der Waals surface area contributed by atoms with Crippen LogP contribution in [0.15, 0.2) is 18.5 Å². The zero-order chi connectivity index (χ0) is 13.1. The maximum atomic E-state index is 4.15. The summed E-state index contributed by atoms with van der Waals surface area (Å²) in [6, 6.07) is 4.67. The van der Waals surface area contributed by atoms with Gasteiger partial charge in [0, 0.05) is 6.54 Å². The molecule has 2 aromatic rings. The molecule has 1 atom stereocenters. The van der Waals surface area contributed by atoms with Crippen molar-refractivity contribution in [2.45, 2.75) is 40.3 Å². The highest BCUT2D eigenvalue weighted by Gasteiger charge is 2.08. The Morgan fingerprint density at radius 1 is 1.17 bits per heavy atom. The normalized spacial score (nSPS) is 12.7. The molecule has 0 aliphatic rings. The van der Waals surface area contributed by atoms with E-state index in [0.29, 0.717) is 0 Å². The van der Waals surface area contributed by atoms with Gasteiger partial charge < -0.3 is 5.32 Å². The van der Waals surface area contributed by atoms with E-state index in [2.05, 4.69) is 60.3 Å². The number of hydrogen-bond donors (Lipinski definition) is 2. The van der Waals surface area contributed by atoms with Gasteiger partial charge in [-0.25, -0.2) is 4.98 Å². The van der Waals surface area contributed by atoms with E-state index < -0.39 is 0 Å². The van der Waals surface area contributed by atoms with Gasteiger partial charge in [0.15, 0.2) is 0 Å². The van der Waals surface area contributed by atoms with Gasteiger partial charge in [0.1, 0.15) is 12.2 Å². The SMILES string of the molecule is Cc1cc(C)c(CNC(C)c2ncn[nH]2)cc1C. The molecule has 1 aromatic heterocycles. The Morgan fingerprint density at radius 2 is 1.89 bits per heavy atom. The molecule has 0 spiro atoms. The molecule has 4 heteroatoms. The molecule has 0 bridgehead atoms. The molecular weight excluding hydrogens is 224 g/mol. The second kappa shape index (κ2) is 5.31. The van der Waals surface area contributed by atoms with Crippen molar-refractivity contribution in [3.63, 3.8) is 0 Å². The molecule has 96 valence electrons. The number of nitrogens with zero attached hydrogens (tertiary/aromatic N) is 2. The van der Waals surface area contributed by atoms with E-state index in [4.69, 9.17) is 0 Å². The third-order valence-electron chi connectivity index (χ3n) is 3.39. The summed E-state index contributed by atoms with van der Waals surface area (Å²) in [4.78, 5) is 4.15. The Kier molecular flexibility index (Phi) is 3.77. The fraction of sp³-hybridized carbons (Fsp3) is 0.429. The first-order valence-electron chi connectivity index (χ1n) is 6.23. The summed E-state index contributed by atoms with van der Waals surface area (Å²) in [7, 11) is 0. The van der Waals surface area contributed by atoms with Gasteiger partial charge in [0.2, 0.25) is 0 Å². The van der Waals surface area contributed by atoms with Crippen LogP contribution in [0.2, 0.25) is 0 Å². The number of aromatic amines is 1. The van der Waals surface area contributed by atoms with E-state index in [0.717, 1.165) is 12.4 Å². The number of aromatic nitrogens is 3. The second-order valence-corrected chi connectivity index (χ2v) is 4.84. The van der Waals surface area contributed by atoms with E-state index in [9.17, 15) is 0 Å². The molecule has 0 saturated heterocycles. The Balaban J connectivity index is 2.04. The van der Waals surface area contributed by atoms with Crippen LogP contribution in [0.1, 0.15) is 41.0 Å². The monoisotopic (exact) mass is 244 g/mol. The van der Waals surface area contributed by atoms with Gasteiger partial charge in [-0.3, -0.25) is 5.10 Å². The number of aryl methyl sites for hydroxylation is 3. The molecule has 18 heavy (non-hydrogen) atoms. The van der Waals surface area contributed by atoms with E-state index in [1.54, 1.807) is 0 Å². The van der Waals surface area contributed by atoms with Gasteiger partial charge in [0.25, 0.3) is 0 Å². The van der Waals surface area contributed by atoms with Gasteiger partial charge in [0.05, 0.1) is 6.04 Å². The molecule has 0 aliphatic carbocycles. The van der Waals surface area contributed by atoms with Crippen LogP contribution in [0.3, 0.4) is 0 Å². The zero-order valence-corrected chi connectivity index (χ0v) is 11.4. The summed E-state index contributed by atoms with van der Waals surface area (Å²) < 4.78 is 0. The maximum Gasteiger partial charge on any atom is 0.141 e. The molecule has 1 unspecified atom stereocenters. The van der Waals surface area contributed by atoms with Gasteiger partial charge in [-0.1, -0.05) is 12.1 Å². The highest BCUT2D eigenvalue weighted by molar-refractivity contribution is 5.36. The lowest BCUT2D eigenvalue weighted by Crippen LogP contribution is -2.20. The van der Waals surface area contributed by atoms with Crippen molar-refractivity contribution in [3.05, 3.63) is 46.5 Å². The molecule has 0 saturated carbocycles. The van der Waals surface area contributed by atoms with Gasteiger partial charge in [-0.2, -0.15) is 5.10 Å². The lowest BCUT2D eigenvalue weighted by Gasteiger charge is -2.14. The van der Waals surface area contributed by atoms with Crippen LogP contribution in [0.5, 0.6) is 0 Å². The molecule has 4 nitrogen and oxygen atoms in total. The minimum Gasteiger partial charge on any atom is -0.303 e. The summed E-state index contributed by atoms with van der Waals surface area (Å²) >= 11 is 0. The van der Waals surface area contributed by atoms with Gasteiger partial charge in [-0.05, 0) is 49.9 Å². The van der Waals surface area contributed by atoms with Crippen LogP contribution in [0, 0.1) is 20.8 Å². The largest absolute Gasteiger partial charge is 0.303 e. The molecule has 2 N–H and O–H groups in total. The van der Waals surface area contributed by atoms with Crippen molar-refractivity contribution in [2.24, 2.45) is 0 Å². The molecule has 1 aromatic carbocycles. The van der Waals surface area contributed by atoms with Crippen molar-refractivity contribution in [3.8, 4) is 0 Å². The Morgan fingerprint density at radius 3 is 2.56 bits per heavy atom. The van der Waals surface area contributed by atoms with Gasteiger partial charge in [-0.15, -0.1) is 0 Å². The van der Waals surface area contributed by atoms with Crippen molar-refractivity contribution < 1.29 is 0 Å². The smallest absolute Gasteiger partial charge is 0.141 e. The van der Waals surface area contributed by atoms with Crippen LogP contribution in [0.25, 0.3) is 0 Å². The second-order valence-electron chi connectivity index (χ2n) is 4.84. The summed E-state index contributed by atoms with van der Waals surface area (Å²) in [5, 5.41) is 10.2. The first-order chi connectivity index (χ1) is 8.58. The number of rotatable bonds is 4. The molecule has 0 aliphatic heterocycles. The van der Waals surface area contributed by atoms with Crippen molar-refractivity contribution >= 4 is 0 Å². The summed E-state index contributed by atoms with van der Waals surface area (Å²) in [6.07, 6.45) is 1.54. The summed E-state index contributed by atoms with van der Waals surface area (Å²) in [6.45, 7) is 9.38. The molecule has 0 fully saturated rings. The number of nitrogens with one attached hydrogen (secondary N) is 2. The molecule has 1 heterocycles. The first-order valence-corrected chi connectivity index (χ1v) is 6.23. The summed E-state index contributed by atoms with van der Waals surface area (Å²) in [5.74, 6) is 0.872. The number of hydrogen-bond acceptors (Lipinski definition) is 3. The summed E-state index contributed by atoms with van der Waals surface area (Å²) in [5.41, 5.74) is 5.35. The Hall–Kier alpha value is -1.68. The standard InChI is InChI=1S/C14H20N4/c1-9-5-11(3)13(6-10(9)2)7-15-12(4)14-16-8-17-18-14/h5-6,8,12,15H,7H2,1-4H3,(H,16,17,18). The van der Waals surface area contributed by atoms with Crippen LogP contribution < -0.4 is 5.32 Å². The fourth-order valence-corrected chi connectivity index (χ4v) is 1.99. The molecule has 0 radical (unpaired) electrons. The average molecular weight is 244 g/mol. The molecule has 0 amide bonds. The van der Waals surface area contributed by atoms with E-state index in [-0.39, 0.29) is 6.04 Å². The van der Waals surface area contributed by atoms with Crippen molar-refractivity contribution in [1.82, 2.24) is 20.5 Å². The minimum absolute atomic E-state index is 0.175. The van der Waals surface area contributed by atoms with Crippen LogP contribution in [-0.2, 0) is 6.54 Å². The molecule has 2 rings (SSSR count). The van der Waals surface area contributed by atoms with E-state index in [1.807, 2.05) is 0 Å². The van der Waals surface area contributed by atoms with Crippen LogP contribution >= 0.6 is 0 Å². The predicted molar refractivity (Wildman–Crippen MR) is 72.3 cm³/mol. The highest BCUT2D eigenvalue weighted by Crippen LogP contribution is 2.16. The number of benzene rings is 1. The van der Waals surface area contributed by atoms with Crippen molar-refractivity contribution in [1.29, 1.82) is 0 Å². The van der Waals surface area contributed by atoms with Gasteiger partial charge >= 0.3 is 0 Å². The molecular formula is C14H20N4. The number of H-pyrrole nitrogens is 1. The van der Waals surface area contributed by atoms with E-state index >= 15 is 0 Å². The quantitative estimate of drug-likeness (QED) is 0.869. The van der Waals surface area contributed by atoms with Crippen LogP contribution in [-0.4, -0.2) is 15.2 Å². The first kappa shape index (κ1) is 12.8. The Bertz CT molecular complexity index is 517. The predicted octanol–water partition coefficient (Wildman–Crippen LogP) is 2.58. The fourth-order valence-electron chi connectivity index (χ4n) is 1.99. The zero-order valence-electron chi connectivity index (χ0n) is 11.4. The minimum atomic E-state index is 0.175. The van der Waals surface area contributed by atoms with Crippen LogP contribution in [0.4, 0.5) is 0 Å². The topological polar surface area (TPSA) is 53.6 Å². The third kappa shape index (κ3) is 2.76. The van der Waals surface area contributed by atoms with E-state index in [1.165, 1.54) is 28.6 Å². The maximum absolute atomic E-state index is 4.15. The highest BCUT2D eigenvalue weighted by atomic mass is 15.2. The van der Waals surface area contributed by atoms with Crippen molar-refractivity contribution in [2.75, 3.05) is 0 Å². The lowest BCUT2D eigenvalue weighted by molar-refractivity contribution is 0.547. The average Bonchev–Trinajstić information content (AvgIpc) is 2.85. The lowest BCUT2D eigenvalue weighted by atomic mass is 10.0. The Labute approximate surface area is 108 Å². The third-order valence-corrected chi connectivity index (χ3v) is 3.39.